The highest BCUT2D eigenvalue weighted by Gasteiger charge is 2.16. The van der Waals surface area contributed by atoms with Gasteiger partial charge in [0.1, 0.15) is 11.9 Å². The molecule has 3 aromatic rings. The van der Waals surface area contributed by atoms with E-state index in [1.54, 1.807) is 6.20 Å². The summed E-state index contributed by atoms with van der Waals surface area (Å²) in [7, 11) is 0. The van der Waals surface area contributed by atoms with E-state index in [0.29, 0.717) is 24.9 Å². The average Bonchev–Trinajstić information content (AvgIpc) is 3.04. The number of pyridine rings is 1. The number of aromatic nitrogens is 3. The maximum absolute atomic E-state index is 10.5. The highest BCUT2D eigenvalue weighted by Crippen LogP contribution is 2.21. The van der Waals surface area contributed by atoms with E-state index >= 15 is 0 Å². The number of ether oxygens (including phenoxy) is 1. The highest BCUT2D eigenvalue weighted by molar-refractivity contribution is 5.24. The third kappa shape index (κ3) is 3.57. The number of rotatable bonds is 6. The van der Waals surface area contributed by atoms with Crippen LogP contribution in [0.25, 0.3) is 0 Å². The first-order valence-corrected chi connectivity index (χ1v) is 7.60. The van der Waals surface area contributed by atoms with Gasteiger partial charge in [0.25, 0.3) is 0 Å². The number of benzene rings is 1. The van der Waals surface area contributed by atoms with E-state index in [1.807, 2.05) is 66.2 Å². The Bertz CT molecular complexity index is 756. The number of hydrogen-bond acceptors (Lipinski definition) is 4. The fourth-order valence-electron chi connectivity index (χ4n) is 2.43. The summed E-state index contributed by atoms with van der Waals surface area (Å²) >= 11 is 0. The monoisotopic (exact) mass is 309 g/mol. The summed E-state index contributed by atoms with van der Waals surface area (Å²) < 4.78 is 7.33. The van der Waals surface area contributed by atoms with Gasteiger partial charge in [-0.3, -0.25) is 0 Å². The maximum Gasteiger partial charge on any atom is 0.213 e. The average molecular weight is 309 g/mol. The molecule has 0 aliphatic carbocycles. The van der Waals surface area contributed by atoms with Gasteiger partial charge >= 0.3 is 0 Å². The minimum atomic E-state index is -0.763. The molecule has 3 rings (SSSR count). The Labute approximate surface area is 135 Å². The Balaban J connectivity index is 1.83. The Morgan fingerprint density at radius 2 is 1.96 bits per heavy atom. The molecule has 2 heterocycles. The first kappa shape index (κ1) is 15.2. The van der Waals surface area contributed by atoms with E-state index in [2.05, 4.69) is 9.97 Å². The molecule has 1 N–H and O–H groups in total. The lowest BCUT2D eigenvalue weighted by molar-refractivity contribution is 0.205. The lowest BCUT2D eigenvalue weighted by atomic mass is 10.1. The summed E-state index contributed by atoms with van der Waals surface area (Å²) in [6, 6.07) is 15.2. The second-order valence-electron chi connectivity index (χ2n) is 5.13. The van der Waals surface area contributed by atoms with Gasteiger partial charge in [0.05, 0.1) is 18.8 Å². The molecule has 0 radical (unpaired) electrons. The summed E-state index contributed by atoms with van der Waals surface area (Å²) in [6.45, 7) is 3.04. The molecule has 0 unspecified atom stereocenters. The van der Waals surface area contributed by atoms with E-state index < -0.39 is 6.10 Å². The van der Waals surface area contributed by atoms with Crippen LogP contribution in [0.5, 0.6) is 5.88 Å². The zero-order chi connectivity index (χ0) is 16.1. The van der Waals surface area contributed by atoms with Crippen LogP contribution in [-0.2, 0) is 6.54 Å². The third-order valence-electron chi connectivity index (χ3n) is 3.51. The molecule has 0 saturated heterocycles. The first-order chi connectivity index (χ1) is 11.3. The lowest BCUT2D eigenvalue weighted by Crippen LogP contribution is -2.11. The fourth-order valence-corrected chi connectivity index (χ4v) is 2.43. The van der Waals surface area contributed by atoms with E-state index in [0.717, 1.165) is 11.3 Å². The zero-order valence-corrected chi connectivity index (χ0v) is 13.0. The standard InChI is InChI=1S/C18H19N3O2/c1-2-23-16-10-6-9-15(20-16)13-21-12-11-19-18(21)17(22)14-7-4-3-5-8-14/h3-12,17,22H,2,13H2,1H3/t17-/m1/s1. The van der Waals surface area contributed by atoms with Crippen LogP contribution in [0.4, 0.5) is 0 Å². The van der Waals surface area contributed by atoms with Crippen molar-refractivity contribution in [3.8, 4) is 5.88 Å². The van der Waals surface area contributed by atoms with Gasteiger partial charge in [0, 0.05) is 18.5 Å². The van der Waals surface area contributed by atoms with E-state index in [-0.39, 0.29) is 0 Å². The molecule has 0 saturated carbocycles. The van der Waals surface area contributed by atoms with Gasteiger partial charge in [-0.05, 0) is 18.6 Å². The van der Waals surface area contributed by atoms with Gasteiger partial charge in [-0.15, -0.1) is 0 Å². The Morgan fingerprint density at radius 3 is 2.74 bits per heavy atom. The van der Waals surface area contributed by atoms with Crippen LogP contribution in [0, 0.1) is 0 Å². The molecule has 0 amide bonds. The number of aliphatic hydroxyl groups excluding tert-OH is 1. The van der Waals surface area contributed by atoms with Crippen molar-refractivity contribution in [1.29, 1.82) is 0 Å². The van der Waals surface area contributed by atoms with Crippen molar-refractivity contribution in [2.24, 2.45) is 0 Å². The second kappa shape index (κ2) is 7.07. The molecule has 1 atom stereocenters. The minimum absolute atomic E-state index is 0.528. The molecule has 0 bridgehead atoms. The fraction of sp³-hybridized carbons (Fsp3) is 0.222. The number of hydrogen-bond donors (Lipinski definition) is 1. The van der Waals surface area contributed by atoms with Crippen molar-refractivity contribution in [2.75, 3.05) is 6.61 Å². The number of imidazole rings is 1. The van der Waals surface area contributed by atoms with Gasteiger partial charge in [-0.2, -0.15) is 0 Å². The number of nitrogens with zero attached hydrogens (tertiary/aromatic N) is 3. The van der Waals surface area contributed by atoms with Crippen LogP contribution in [-0.4, -0.2) is 26.2 Å². The molecule has 0 aliphatic rings. The van der Waals surface area contributed by atoms with Crippen LogP contribution in [0.3, 0.4) is 0 Å². The van der Waals surface area contributed by atoms with Gasteiger partial charge in [-0.25, -0.2) is 9.97 Å². The molecule has 5 nitrogen and oxygen atoms in total. The maximum atomic E-state index is 10.5. The number of aliphatic hydroxyl groups is 1. The summed E-state index contributed by atoms with van der Waals surface area (Å²) in [5.74, 6) is 1.20. The molecule has 118 valence electrons. The first-order valence-electron chi connectivity index (χ1n) is 7.60. The van der Waals surface area contributed by atoms with E-state index in [9.17, 15) is 5.11 Å². The molecule has 5 heteroatoms. The van der Waals surface area contributed by atoms with Crippen LogP contribution in [0.1, 0.15) is 30.1 Å². The molecule has 0 aliphatic heterocycles. The molecule has 2 aromatic heterocycles. The van der Waals surface area contributed by atoms with Gasteiger partial charge in [0.15, 0.2) is 0 Å². The normalized spacial score (nSPS) is 12.1. The third-order valence-corrected chi connectivity index (χ3v) is 3.51. The van der Waals surface area contributed by atoms with E-state index in [1.165, 1.54) is 0 Å². The van der Waals surface area contributed by atoms with Gasteiger partial charge in [-0.1, -0.05) is 36.4 Å². The predicted octanol–water partition coefficient (Wildman–Crippen LogP) is 2.81. The van der Waals surface area contributed by atoms with Crippen molar-refractivity contribution in [2.45, 2.75) is 19.6 Å². The Hall–Kier alpha value is -2.66. The topological polar surface area (TPSA) is 60.2 Å². The second-order valence-corrected chi connectivity index (χ2v) is 5.13. The van der Waals surface area contributed by atoms with Crippen LogP contribution in [0.2, 0.25) is 0 Å². The largest absolute Gasteiger partial charge is 0.478 e. The molecule has 23 heavy (non-hydrogen) atoms. The minimum Gasteiger partial charge on any atom is -0.478 e. The van der Waals surface area contributed by atoms with Crippen molar-refractivity contribution in [1.82, 2.24) is 14.5 Å². The van der Waals surface area contributed by atoms with E-state index in [4.69, 9.17) is 4.74 Å². The summed E-state index contributed by atoms with van der Waals surface area (Å²) in [6.07, 6.45) is 2.77. The molecular formula is C18H19N3O2. The SMILES string of the molecule is CCOc1cccc(Cn2ccnc2[C@H](O)c2ccccc2)n1. The molecule has 1 aromatic carbocycles. The zero-order valence-electron chi connectivity index (χ0n) is 13.0. The quantitative estimate of drug-likeness (QED) is 0.760. The van der Waals surface area contributed by atoms with Gasteiger partial charge < -0.3 is 14.4 Å². The van der Waals surface area contributed by atoms with Crippen molar-refractivity contribution in [3.63, 3.8) is 0 Å². The Kier molecular flexibility index (Phi) is 4.68. The highest BCUT2D eigenvalue weighted by atomic mass is 16.5. The summed E-state index contributed by atoms with van der Waals surface area (Å²) in [5, 5.41) is 10.5. The van der Waals surface area contributed by atoms with Crippen molar-refractivity contribution >= 4 is 0 Å². The summed E-state index contributed by atoms with van der Waals surface area (Å²) in [4.78, 5) is 8.76. The lowest BCUT2D eigenvalue weighted by Gasteiger charge is -2.14. The van der Waals surface area contributed by atoms with Crippen molar-refractivity contribution in [3.05, 3.63) is 78.0 Å². The Morgan fingerprint density at radius 1 is 1.13 bits per heavy atom. The smallest absolute Gasteiger partial charge is 0.213 e. The summed E-state index contributed by atoms with van der Waals surface area (Å²) in [5.41, 5.74) is 1.67. The van der Waals surface area contributed by atoms with Crippen LogP contribution < -0.4 is 4.74 Å². The molecule has 0 fully saturated rings. The van der Waals surface area contributed by atoms with Gasteiger partial charge in [0.2, 0.25) is 5.88 Å². The molecular weight excluding hydrogens is 290 g/mol. The predicted molar refractivity (Wildman–Crippen MR) is 87.2 cm³/mol. The van der Waals surface area contributed by atoms with Crippen molar-refractivity contribution < 1.29 is 9.84 Å². The molecule has 0 spiro atoms. The van der Waals surface area contributed by atoms with Crippen LogP contribution in [0.15, 0.2) is 60.9 Å². The van der Waals surface area contributed by atoms with Crippen LogP contribution >= 0.6 is 0 Å².